The number of anilines is 4. The van der Waals surface area contributed by atoms with Crippen LogP contribution in [0.5, 0.6) is 0 Å². The number of rotatable bonds is 6. The number of nitrogens with one attached hydrogen (secondary N) is 2. The molecule has 0 fully saturated rings. The molecule has 6 nitrogen and oxygen atoms in total. The van der Waals surface area contributed by atoms with Crippen LogP contribution >= 0.6 is 11.6 Å². The van der Waals surface area contributed by atoms with Crippen molar-refractivity contribution < 1.29 is 9.53 Å². The van der Waals surface area contributed by atoms with Crippen LogP contribution in [0, 0.1) is 6.92 Å². The van der Waals surface area contributed by atoms with Crippen molar-refractivity contribution in [3.05, 3.63) is 70.9 Å². The Morgan fingerprint density at radius 3 is 2.30 bits per heavy atom. The molecule has 0 saturated heterocycles. The maximum absolute atomic E-state index is 11.7. The Morgan fingerprint density at radius 2 is 1.63 bits per heavy atom. The summed E-state index contributed by atoms with van der Waals surface area (Å²) < 4.78 is 4.98. The van der Waals surface area contributed by atoms with Gasteiger partial charge in [0.2, 0.25) is 5.95 Å². The van der Waals surface area contributed by atoms with Gasteiger partial charge in [0.05, 0.1) is 12.2 Å². The Labute approximate surface area is 162 Å². The summed E-state index contributed by atoms with van der Waals surface area (Å²) in [6.07, 6.45) is 0. The van der Waals surface area contributed by atoms with Crippen molar-refractivity contribution in [1.82, 2.24) is 9.97 Å². The summed E-state index contributed by atoms with van der Waals surface area (Å²) in [6, 6.07) is 16.2. The molecular formula is C20H19ClN4O2. The van der Waals surface area contributed by atoms with E-state index in [2.05, 4.69) is 20.6 Å². The molecular weight excluding hydrogens is 364 g/mol. The first-order valence-electron chi connectivity index (χ1n) is 8.46. The maximum Gasteiger partial charge on any atom is 0.338 e. The number of aromatic nitrogens is 2. The third-order valence-electron chi connectivity index (χ3n) is 3.62. The number of benzene rings is 2. The Morgan fingerprint density at radius 1 is 1.00 bits per heavy atom. The second-order valence-electron chi connectivity index (χ2n) is 5.77. The zero-order valence-electron chi connectivity index (χ0n) is 15.0. The average molecular weight is 383 g/mol. The van der Waals surface area contributed by atoms with Crippen LogP contribution in [0.1, 0.15) is 23.0 Å². The predicted octanol–water partition coefficient (Wildman–Crippen LogP) is 5.10. The molecule has 3 aromatic rings. The van der Waals surface area contributed by atoms with Crippen LogP contribution in [0.25, 0.3) is 0 Å². The molecule has 3 rings (SSSR count). The Balaban J connectivity index is 1.74. The molecule has 7 heteroatoms. The monoisotopic (exact) mass is 382 g/mol. The minimum Gasteiger partial charge on any atom is -0.462 e. The summed E-state index contributed by atoms with van der Waals surface area (Å²) in [6.45, 7) is 4.02. The third kappa shape index (κ3) is 5.18. The van der Waals surface area contributed by atoms with Gasteiger partial charge in [-0.05, 0) is 62.4 Å². The first-order valence-corrected chi connectivity index (χ1v) is 8.84. The molecule has 0 unspecified atom stereocenters. The average Bonchev–Trinajstić information content (AvgIpc) is 2.64. The minimum atomic E-state index is -0.337. The van der Waals surface area contributed by atoms with Crippen molar-refractivity contribution in [2.45, 2.75) is 13.8 Å². The van der Waals surface area contributed by atoms with Gasteiger partial charge < -0.3 is 15.4 Å². The van der Waals surface area contributed by atoms with Gasteiger partial charge in [0.1, 0.15) is 5.82 Å². The van der Waals surface area contributed by atoms with Crippen LogP contribution in [0.2, 0.25) is 5.02 Å². The molecule has 0 atom stereocenters. The van der Waals surface area contributed by atoms with Crippen molar-refractivity contribution in [3.63, 3.8) is 0 Å². The summed E-state index contributed by atoms with van der Waals surface area (Å²) in [7, 11) is 0. The lowest BCUT2D eigenvalue weighted by Crippen LogP contribution is -2.05. The number of carbonyl (C=O) groups is 1. The molecule has 0 saturated carbocycles. The fourth-order valence-corrected chi connectivity index (χ4v) is 2.53. The van der Waals surface area contributed by atoms with Crippen LogP contribution in [0.4, 0.5) is 23.1 Å². The zero-order valence-corrected chi connectivity index (χ0v) is 15.7. The number of aryl methyl sites for hydroxylation is 1. The topological polar surface area (TPSA) is 76.1 Å². The fourth-order valence-electron chi connectivity index (χ4n) is 2.40. The van der Waals surface area contributed by atoms with Crippen molar-refractivity contribution in [1.29, 1.82) is 0 Å². The summed E-state index contributed by atoms with van der Waals surface area (Å²) >= 11 is 5.91. The van der Waals surface area contributed by atoms with E-state index >= 15 is 0 Å². The van der Waals surface area contributed by atoms with E-state index in [4.69, 9.17) is 16.3 Å². The Hall–Kier alpha value is -3.12. The maximum atomic E-state index is 11.7. The number of hydrogen-bond donors (Lipinski definition) is 2. The van der Waals surface area contributed by atoms with E-state index in [1.165, 1.54) is 0 Å². The highest BCUT2D eigenvalue weighted by Crippen LogP contribution is 2.21. The molecule has 1 heterocycles. The van der Waals surface area contributed by atoms with Crippen LogP contribution in [-0.2, 0) is 4.74 Å². The second-order valence-corrected chi connectivity index (χ2v) is 6.21. The van der Waals surface area contributed by atoms with Crippen LogP contribution in [0.15, 0.2) is 54.6 Å². The van der Waals surface area contributed by atoms with Gasteiger partial charge in [0, 0.05) is 28.2 Å². The molecule has 0 amide bonds. The van der Waals surface area contributed by atoms with Gasteiger partial charge in [-0.3, -0.25) is 0 Å². The molecule has 0 aliphatic rings. The fraction of sp³-hybridized carbons (Fsp3) is 0.150. The quantitative estimate of drug-likeness (QED) is 0.577. The molecule has 0 aliphatic heterocycles. The van der Waals surface area contributed by atoms with Gasteiger partial charge in [-0.1, -0.05) is 11.6 Å². The van der Waals surface area contributed by atoms with E-state index in [1.807, 2.05) is 25.1 Å². The number of nitrogens with zero attached hydrogens (tertiary/aromatic N) is 2. The van der Waals surface area contributed by atoms with Crippen molar-refractivity contribution in [2.75, 3.05) is 17.2 Å². The number of carbonyl (C=O) groups excluding carboxylic acids is 1. The number of ether oxygens (including phenoxy) is 1. The van der Waals surface area contributed by atoms with Gasteiger partial charge in [-0.25, -0.2) is 9.78 Å². The molecule has 27 heavy (non-hydrogen) atoms. The normalized spacial score (nSPS) is 10.3. The highest BCUT2D eigenvalue weighted by molar-refractivity contribution is 6.30. The van der Waals surface area contributed by atoms with E-state index in [0.29, 0.717) is 29.0 Å². The second kappa shape index (κ2) is 8.51. The molecule has 2 N–H and O–H groups in total. The summed E-state index contributed by atoms with van der Waals surface area (Å²) in [5.74, 6) is 0.780. The lowest BCUT2D eigenvalue weighted by Gasteiger charge is -2.10. The molecule has 0 spiro atoms. The number of halogens is 1. The standard InChI is InChI=1S/C20H19ClN4O2/c1-3-27-19(26)14-4-8-16(9-5-14)23-18-12-13(2)22-20(25-18)24-17-10-6-15(21)7-11-17/h4-12H,3H2,1-2H3,(H2,22,23,24,25). The van der Waals surface area contributed by atoms with E-state index in [9.17, 15) is 4.79 Å². The number of hydrogen-bond acceptors (Lipinski definition) is 6. The van der Waals surface area contributed by atoms with Crippen LogP contribution in [0.3, 0.4) is 0 Å². The van der Waals surface area contributed by atoms with Crippen molar-refractivity contribution >= 4 is 40.7 Å². The van der Waals surface area contributed by atoms with Gasteiger partial charge in [-0.15, -0.1) is 0 Å². The highest BCUT2D eigenvalue weighted by Gasteiger charge is 2.07. The molecule has 2 aromatic carbocycles. The minimum absolute atomic E-state index is 0.337. The largest absolute Gasteiger partial charge is 0.462 e. The molecule has 0 aliphatic carbocycles. The van der Waals surface area contributed by atoms with Crippen molar-refractivity contribution in [2.24, 2.45) is 0 Å². The molecule has 0 radical (unpaired) electrons. The Kier molecular flexibility index (Phi) is 5.88. The van der Waals surface area contributed by atoms with Crippen LogP contribution < -0.4 is 10.6 Å². The van der Waals surface area contributed by atoms with Gasteiger partial charge in [0.15, 0.2) is 0 Å². The number of esters is 1. The predicted molar refractivity (Wildman–Crippen MR) is 107 cm³/mol. The van der Waals surface area contributed by atoms with Crippen LogP contribution in [-0.4, -0.2) is 22.5 Å². The third-order valence-corrected chi connectivity index (χ3v) is 3.87. The first kappa shape index (κ1) is 18.7. The van der Waals surface area contributed by atoms with E-state index in [1.54, 1.807) is 43.3 Å². The van der Waals surface area contributed by atoms with Crippen molar-refractivity contribution in [3.8, 4) is 0 Å². The summed E-state index contributed by atoms with van der Waals surface area (Å²) in [5.41, 5.74) is 2.96. The van der Waals surface area contributed by atoms with E-state index < -0.39 is 0 Å². The zero-order chi connectivity index (χ0) is 19.2. The lowest BCUT2D eigenvalue weighted by atomic mass is 10.2. The van der Waals surface area contributed by atoms with Gasteiger partial charge >= 0.3 is 5.97 Å². The molecule has 1 aromatic heterocycles. The van der Waals surface area contributed by atoms with Gasteiger partial charge in [-0.2, -0.15) is 4.98 Å². The smallest absolute Gasteiger partial charge is 0.338 e. The first-order chi connectivity index (χ1) is 13.0. The molecule has 138 valence electrons. The van der Waals surface area contributed by atoms with E-state index in [-0.39, 0.29) is 5.97 Å². The molecule has 0 bridgehead atoms. The lowest BCUT2D eigenvalue weighted by molar-refractivity contribution is 0.0526. The van der Waals surface area contributed by atoms with Gasteiger partial charge in [0.25, 0.3) is 0 Å². The summed E-state index contributed by atoms with van der Waals surface area (Å²) in [4.78, 5) is 20.6. The SMILES string of the molecule is CCOC(=O)c1ccc(Nc2cc(C)nc(Nc3ccc(Cl)cc3)n2)cc1. The van der Waals surface area contributed by atoms with E-state index in [0.717, 1.165) is 17.1 Å². The Bertz CT molecular complexity index is 928. The highest BCUT2D eigenvalue weighted by atomic mass is 35.5. The summed E-state index contributed by atoms with van der Waals surface area (Å²) in [5, 5.41) is 7.03.